The van der Waals surface area contributed by atoms with Crippen molar-refractivity contribution in [2.75, 3.05) is 0 Å². The van der Waals surface area contributed by atoms with E-state index in [4.69, 9.17) is 0 Å². The first kappa shape index (κ1) is 18.8. The Morgan fingerprint density at radius 1 is 0.700 bits per heavy atom. The topological polar surface area (TPSA) is 112 Å². The maximum absolute atomic E-state index is 13.1. The molecule has 0 spiro atoms. The zero-order valence-electron chi connectivity index (χ0n) is 15.1. The molecule has 148 valence electrons. The minimum atomic E-state index is -1.67. The number of carbonyl (C=O) groups is 1. The molecule has 5 rings (SSSR count). The fourth-order valence-electron chi connectivity index (χ4n) is 3.51. The van der Waals surface area contributed by atoms with Crippen molar-refractivity contribution in [1.82, 2.24) is 0 Å². The first-order chi connectivity index (χ1) is 14.3. The number of carboxylic acids is 1. The minimum absolute atomic E-state index is 0.0890. The van der Waals surface area contributed by atoms with E-state index in [2.05, 4.69) is 0 Å². The number of aliphatic hydroxyl groups excluding tert-OH is 1. The Hall–Kier alpha value is -3.17. The van der Waals surface area contributed by atoms with Crippen LogP contribution in [0.1, 0.15) is 22.2 Å². The van der Waals surface area contributed by atoms with Crippen LogP contribution in [0.3, 0.4) is 0 Å². The Kier molecular flexibility index (Phi) is 4.19. The second-order valence-electron chi connectivity index (χ2n) is 6.85. The lowest BCUT2D eigenvalue weighted by molar-refractivity contribution is -0.0423. The molecule has 0 aliphatic carbocycles. The van der Waals surface area contributed by atoms with Gasteiger partial charge in [-0.25, -0.2) is 4.79 Å². The van der Waals surface area contributed by atoms with Crippen LogP contribution in [0.2, 0.25) is 0 Å². The monoisotopic (exact) mass is 436 g/mol. The highest BCUT2D eigenvalue weighted by Gasteiger charge is 2.14. The average Bonchev–Trinajstić information content (AvgIpc) is 2.72. The van der Waals surface area contributed by atoms with Gasteiger partial charge >= 0.3 is 5.97 Å². The van der Waals surface area contributed by atoms with Gasteiger partial charge in [-0.15, -0.1) is 22.7 Å². The van der Waals surface area contributed by atoms with Crippen molar-refractivity contribution in [2.24, 2.45) is 0 Å². The van der Waals surface area contributed by atoms with Crippen LogP contribution >= 0.6 is 22.7 Å². The first-order valence-corrected chi connectivity index (χ1v) is 10.5. The van der Waals surface area contributed by atoms with Gasteiger partial charge in [-0.3, -0.25) is 9.59 Å². The molecule has 0 amide bonds. The lowest BCUT2D eigenvalue weighted by atomic mass is 10.1. The van der Waals surface area contributed by atoms with E-state index in [-0.39, 0.29) is 22.0 Å². The van der Waals surface area contributed by atoms with E-state index in [9.17, 15) is 29.7 Å². The molecule has 0 fully saturated rings. The van der Waals surface area contributed by atoms with Gasteiger partial charge in [0.15, 0.2) is 17.1 Å². The van der Waals surface area contributed by atoms with E-state index >= 15 is 0 Å². The fraction of sp³-hybridized carbons (Fsp3) is 0.0455. The number of aromatic carboxylic acids is 1. The summed E-state index contributed by atoms with van der Waals surface area (Å²) in [7, 11) is 0. The molecule has 0 saturated carbocycles. The molecule has 0 saturated heterocycles. The normalized spacial score (nSPS) is 11.8. The fourth-order valence-corrected chi connectivity index (χ4v) is 5.72. The number of aliphatic hydroxyl groups is 2. The summed E-state index contributed by atoms with van der Waals surface area (Å²) < 4.78 is 2.46. The molecular formula is C22H12O6S2. The van der Waals surface area contributed by atoms with Crippen LogP contribution in [0.15, 0.2) is 58.1 Å². The number of rotatable bonds is 2. The SMILES string of the molecule is O=C(O)c1ccc2c(=O)c3cc4sc5ccc(C(O)O)cc5c(=O)c4cc3sc2c1. The molecule has 30 heavy (non-hydrogen) atoms. The summed E-state index contributed by atoms with van der Waals surface area (Å²) in [6.07, 6.45) is -1.67. The highest BCUT2D eigenvalue weighted by molar-refractivity contribution is 7.26. The molecule has 5 aromatic rings. The standard InChI is InChI=1S/C22H12O6S2/c23-19-11-3-1-10(22(27)28)6-16(11)30-18-8-14-17(7-13(18)19)29-15-4-2-9(21(25)26)5-12(15)20(14)24/h1-8,21,25-26H,(H,27,28). The first-order valence-electron chi connectivity index (χ1n) is 8.84. The van der Waals surface area contributed by atoms with Gasteiger partial charge in [-0.2, -0.15) is 0 Å². The van der Waals surface area contributed by atoms with E-state index in [0.29, 0.717) is 40.3 Å². The summed E-state index contributed by atoms with van der Waals surface area (Å²) in [6.45, 7) is 0. The van der Waals surface area contributed by atoms with Crippen LogP contribution in [0.25, 0.3) is 40.3 Å². The van der Waals surface area contributed by atoms with Crippen LogP contribution in [-0.4, -0.2) is 21.3 Å². The molecule has 0 atom stereocenters. The lowest BCUT2D eigenvalue weighted by Crippen LogP contribution is -2.06. The predicted molar refractivity (Wildman–Crippen MR) is 119 cm³/mol. The van der Waals surface area contributed by atoms with E-state index in [0.717, 1.165) is 0 Å². The second-order valence-corrected chi connectivity index (χ2v) is 9.02. The Labute approximate surface area is 175 Å². The molecule has 2 heterocycles. The van der Waals surface area contributed by atoms with E-state index < -0.39 is 12.3 Å². The Bertz CT molecular complexity index is 1650. The summed E-state index contributed by atoms with van der Waals surface area (Å²) in [4.78, 5) is 37.4. The van der Waals surface area contributed by atoms with Gasteiger partial charge in [0.25, 0.3) is 0 Å². The van der Waals surface area contributed by atoms with Gasteiger partial charge in [0.1, 0.15) is 0 Å². The molecule has 2 aromatic heterocycles. The Morgan fingerprint density at radius 3 is 1.90 bits per heavy atom. The van der Waals surface area contributed by atoms with Crippen LogP contribution in [-0.2, 0) is 0 Å². The third-order valence-electron chi connectivity index (χ3n) is 5.03. The summed E-state index contributed by atoms with van der Waals surface area (Å²) in [6, 6.07) is 12.4. The van der Waals surface area contributed by atoms with Crippen molar-refractivity contribution in [1.29, 1.82) is 0 Å². The van der Waals surface area contributed by atoms with Gasteiger partial charge < -0.3 is 15.3 Å². The molecule has 3 N–H and O–H groups in total. The zero-order chi connectivity index (χ0) is 21.2. The summed E-state index contributed by atoms with van der Waals surface area (Å²) in [5.74, 6) is -1.08. The molecule has 0 aliphatic heterocycles. The zero-order valence-corrected chi connectivity index (χ0v) is 16.7. The van der Waals surface area contributed by atoms with Crippen molar-refractivity contribution in [3.63, 3.8) is 0 Å². The van der Waals surface area contributed by atoms with Crippen LogP contribution in [0.5, 0.6) is 0 Å². The lowest BCUT2D eigenvalue weighted by Gasteiger charge is -2.07. The summed E-state index contributed by atoms with van der Waals surface area (Å²) >= 11 is 2.60. The van der Waals surface area contributed by atoms with Crippen LogP contribution in [0, 0.1) is 0 Å². The van der Waals surface area contributed by atoms with Crippen molar-refractivity contribution in [2.45, 2.75) is 6.29 Å². The molecule has 0 bridgehead atoms. The Morgan fingerprint density at radius 2 is 1.27 bits per heavy atom. The van der Waals surface area contributed by atoms with Crippen molar-refractivity contribution in [3.05, 3.63) is 80.1 Å². The molecule has 0 aliphatic rings. The number of fused-ring (bicyclic) bond motifs is 4. The number of hydrogen-bond acceptors (Lipinski definition) is 7. The van der Waals surface area contributed by atoms with Crippen LogP contribution < -0.4 is 10.9 Å². The third-order valence-corrected chi connectivity index (χ3v) is 7.28. The van der Waals surface area contributed by atoms with Gasteiger partial charge in [0.05, 0.1) is 5.56 Å². The number of carboxylic acid groups (broad SMARTS) is 1. The maximum Gasteiger partial charge on any atom is 0.335 e. The molecule has 3 aromatic carbocycles. The predicted octanol–water partition coefficient (Wildman–Crippen LogP) is 3.82. The Balaban J connectivity index is 1.89. The molecular weight excluding hydrogens is 424 g/mol. The average molecular weight is 436 g/mol. The van der Waals surface area contributed by atoms with Crippen molar-refractivity contribution >= 4 is 69.0 Å². The molecule has 0 radical (unpaired) electrons. The molecule has 6 nitrogen and oxygen atoms in total. The number of benzene rings is 3. The highest BCUT2D eigenvalue weighted by atomic mass is 32.1. The van der Waals surface area contributed by atoms with Crippen LogP contribution in [0.4, 0.5) is 0 Å². The quantitative estimate of drug-likeness (QED) is 0.286. The van der Waals surface area contributed by atoms with E-state index in [1.165, 1.54) is 46.9 Å². The smallest absolute Gasteiger partial charge is 0.335 e. The molecule has 0 unspecified atom stereocenters. The van der Waals surface area contributed by atoms with Gasteiger partial charge in [0.2, 0.25) is 0 Å². The highest BCUT2D eigenvalue weighted by Crippen LogP contribution is 2.32. The van der Waals surface area contributed by atoms with Gasteiger partial charge in [0, 0.05) is 45.9 Å². The van der Waals surface area contributed by atoms with Gasteiger partial charge in [-0.1, -0.05) is 6.07 Å². The van der Waals surface area contributed by atoms with Crippen molar-refractivity contribution in [3.8, 4) is 0 Å². The van der Waals surface area contributed by atoms with Gasteiger partial charge in [-0.05, 0) is 42.5 Å². The molecule has 8 heteroatoms. The summed E-state index contributed by atoms with van der Waals surface area (Å²) in [5.41, 5.74) is -0.159. The maximum atomic E-state index is 13.1. The largest absolute Gasteiger partial charge is 0.478 e. The minimum Gasteiger partial charge on any atom is -0.478 e. The van der Waals surface area contributed by atoms with E-state index in [1.54, 1.807) is 24.3 Å². The van der Waals surface area contributed by atoms with E-state index in [1.807, 2.05) is 0 Å². The number of hydrogen-bond donors (Lipinski definition) is 3. The van der Waals surface area contributed by atoms with Crippen molar-refractivity contribution < 1.29 is 20.1 Å². The summed E-state index contributed by atoms with van der Waals surface area (Å²) in [5, 5.41) is 29.7. The second kappa shape index (κ2) is 6.68. The third kappa shape index (κ3) is 2.81.